The normalized spacial score (nSPS) is 10.6. The molecule has 3 nitrogen and oxygen atoms in total. The Kier molecular flexibility index (Phi) is 4.41. The average Bonchev–Trinajstić information content (AvgIpc) is 2.09. The van der Waals surface area contributed by atoms with Crippen LogP contribution in [0.1, 0.15) is 16.7 Å². The highest BCUT2D eigenvalue weighted by Gasteiger charge is 2.05. The zero-order valence-electron chi connectivity index (χ0n) is 8.79. The van der Waals surface area contributed by atoms with Crippen LogP contribution in [-0.2, 0) is 14.3 Å². The zero-order valence-corrected chi connectivity index (χ0v) is 9.60. The minimum atomic E-state index is 1.06. The Balaban J connectivity index is 2.75. The quantitative estimate of drug-likeness (QED) is 0.333. The molecule has 0 unspecified atom stereocenters. The van der Waals surface area contributed by atoms with Gasteiger partial charge in [-0.1, -0.05) is 22.7 Å². The Morgan fingerprint density at radius 1 is 1.07 bits per heavy atom. The Hall–Kier alpha value is -0.550. The van der Waals surface area contributed by atoms with Crippen molar-refractivity contribution in [2.24, 2.45) is 0 Å². The van der Waals surface area contributed by atoms with E-state index in [9.17, 15) is 0 Å². The van der Waals surface area contributed by atoms with Crippen molar-refractivity contribution in [2.75, 3.05) is 7.11 Å². The maximum Gasteiger partial charge on any atom is 0.0744 e. The number of rotatable bonds is 4. The van der Waals surface area contributed by atoms with E-state index in [1.165, 1.54) is 23.8 Å². The van der Waals surface area contributed by atoms with E-state index >= 15 is 0 Å². The fourth-order valence-corrected chi connectivity index (χ4v) is 1.91. The molecule has 0 aliphatic heterocycles. The minimum Gasteiger partial charge on any atom is -0.209 e. The molecule has 0 aliphatic rings. The van der Waals surface area contributed by atoms with Gasteiger partial charge in [0.1, 0.15) is 0 Å². The summed E-state index contributed by atoms with van der Waals surface area (Å²) in [5.74, 6) is 0. The molecule has 0 bridgehead atoms. The molecule has 1 rings (SSSR count). The molecule has 0 radical (unpaired) electrons. The maximum atomic E-state index is 4.76. The predicted molar refractivity (Wildman–Crippen MR) is 55.7 cm³/mol. The first-order chi connectivity index (χ1) is 6.65. The van der Waals surface area contributed by atoms with E-state index in [1.54, 1.807) is 0 Å². The largest absolute Gasteiger partial charge is 0.209 e. The van der Waals surface area contributed by atoms with Crippen LogP contribution in [0, 0.1) is 20.8 Å². The summed E-state index contributed by atoms with van der Waals surface area (Å²) in [4.78, 5) is 5.39. The number of hydrogen-bond acceptors (Lipinski definition) is 4. The molecule has 1 aromatic carbocycles. The summed E-state index contributed by atoms with van der Waals surface area (Å²) in [5.41, 5.74) is 3.59. The molecule has 0 heterocycles. The van der Waals surface area contributed by atoms with Gasteiger partial charge in [0.15, 0.2) is 0 Å². The van der Waals surface area contributed by atoms with Crippen LogP contribution in [0.5, 0.6) is 0 Å². The molecule has 0 saturated heterocycles. The van der Waals surface area contributed by atoms with Gasteiger partial charge in [0.25, 0.3) is 0 Å². The van der Waals surface area contributed by atoms with E-state index in [4.69, 9.17) is 4.33 Å². The number of aryl methyl sites for hydroxylation is 3. The summed E-state index contributed by atoms with van der Waals surface area (Å²) < 4.78 is 4.76. The summed E-state index contributed by atoms with van der Waals surface area (Å²) in [6.45, 7) is 6.15. The summed E-state index contributed by atoms with van der Waals surface area (Å²) in [5, 5.41) is 4.34. The zero-order chi connectivity index (χ0) is 10.6. The topological polar surface area (TPSA) is 27.7 Å². The second-order valence-corrected chi connectivity index (χ2v) is 3.82. The second-order valence-electron chi connectivity index (χ2n) is 3.11. The van der Waals surface area contributed by atoms with Crippen molar-refractivity contribution in [1.82, 2.24) is 0 Å². The van der Waals surface area contributed by atoms with E-state index in [2.05, 4.69) is 29.0 Å². The fraction of sp³-hybridized carbons (Fsp3) is 0.400. The third kappa shape index (κ3) is 2.99. The molecule has 0 atom stereocenters. The standard InChI is InChI=1S/C10H14O3S/c1-7-5-8(2)10(9(3)6-7)14-13-12-11-4/h5-6H,1-4H3. The van der Waals surface area contributed by atoms with Crippen LogP contribution < -0.4 is 0 Å². The van der Waals surface area contributed by atoms with Gasteiger partial charge in [-0.3, -0.25) is 0 Å². The lowest BCUT2D eigenvalue weighted by Crippen LogP contribution is -1.90. The Labute approximate surface area is 88.4 Å². The Morgan fingerprint density at radius 3 is 2.14 bits per heavy atom. The summed E-state index contributed by atoms with van der Waals surface area (Å²) >= 11 is 1.16. The first-order valence-corrected chi connectivity index (χ1v) is 5.01. The molecule has 14 heavy (non-hydrogen) atoms. The van der Waals surface area contributed by atoms with Crippen molar-refractivity contribution in [2.45, 2.75) is 25.7 Å². The van der Waals surface area contributed by atoms with Gasteiger partial charge in [0, 0.05) is 4.90 Å². The highest BCUT2D eigenvalue weighted by molar-refractivity contribution is 7.94. The lowest BCUT2D eigenvalue weighted by Gasteiger charge is -2.08. The molecular formula is C10H14O3S. The van der Waals surface area contributed by atoms with Crippen molar-refractivity contribution in [3.8, 4) is 0 Å². The van der Waals surface area contributed by atoms with Gasteiger partial charge in [-0.15, -0.1) is 4.33 Å². The molecule has 0 aromatic heterocycles. The molecule has 0 amide bonds. The van der Waals surface area contributed by atoms with Crippen LogP contribution in [0.15, 0.2) is 17.0 Å². The van der Waals surface area contributed by atoms with Crippen LogP contribution in [0.4, 0.5) is 0 Å². The van der Waals surface area contributed by atoms with Crippen LogP contribution >= 0.6 is 12.0 Å². The SMILES string of the molecule is COOOSc1c(C)cc(C)cc1C. The van der Waals surface area contributed by atoms with Gasteiger partial charge in [0.2, 0.25) is 0 Å². The number of benzene rings is 1. The van der Waals surface area contributed by atoms with E-state index in [-0.39, 0.29) is 0 Å². The molecule has 0 spiro atoms. The Bertz CT molecular complexity index is 289. The van der Waals surface area contributed by atoms with Crippen LogP contribution in [0.3, 0.4) is 0 Å². The maximum absolute atomic E-state index is 4.76. The van der Waals surface area contributed by atoms with Crippen molar-refractivity contribution in [3.63, 3.8) is 0 Å². The summed E-state index contributed by atoms with van der Waals surface area (Å²) in [7, 11) is 1.40. The van der Waals surface area contributed by atoms with Crippen molar-refractivity contribution in [1.29, 1.82) is 0 Å². The fourth-order valence-electron chi connectivity index (χ4n) is 1.37. The molecule has 0 aliphatic carbocycles. The third-order valence-corrected chi connectivity index (χ3v) is 2.75. The Morgan fingerprint density at radius 2 is 1.64 bits per heavy atom. The van der Waals surface area contributed by atoms with Crippen molar-refractivity contribution in [3.05, 3.63) is 28.8 Å². The van der Waals surface area contributed by atoms with E-state index in [0.717, 1.165) is 16.9 Å². The molecular weight excluding hydrogens is 200 g/mol. The van der Waals surface area contributed by atoms with E-state index in [0.29, 0.717) is 0 Å². The average molecular weight is 214 g/mol. The first kappa shape index (κ1) is 11.5. The minimum absolute atomic E-state index is 1.06. The lowest BCUT2D eigenvalue weighted by atomic mass is 10.1. The van der Waals surface area contributed by atoms with Crippen molar-refractivity contribution < 1.29 is 14.3 Å². The van der Waals surface area contributed by atoms with Gasteiger partial charge < -0.3 is 0 Å². The van der Waals surface area contributed by atoms with Gasteiger partial charge in [-0.25, -0.2) is 4.89 Å². The second kappa shape index (κ2) is 5.36. The molecule has 1 aromatic rings. The van der Waals surface area contributed by atoms with Crippen LogP contribution in [-0.4, -0.2) is 7.11 Å². The first-order valence-electron chi connectivity index (χ1n) is 4.27. The monoisotopic (exact) mass is 214 g/mol. The third-order valence-electron chi connectivity index (χ3n) is 1.82. The van der Waals surface area contributed by atoms with E-state index < -0.39 is 0 Å². The smallest absolute Gasteiger partial charge is 0.0744 e. The molecule has 0 N–H and O–H groups in total. The molecule has 0 fully saturated rings. The highest BCUT2D eigenvalue weighted by Crippen LogP contribution is 2.28. The highest BCUT2D eigenvalue weighted by atomic mass is 32.2. The van der Waals surface area contributed by atoms with Gasteiger partial charge >= 0.3 is 0 Å². The lowest BCUT2D eigenvalue weighted by molar-refractivity contribution is -0.447. The van der Waals surface area contributed by atoms with E-state index in [1.807, 2.05) is 13.8 Å². The molecule has 4 heteroatoms. The molecule has 0 saturated carbocycles. The predicted octanol–water partition coefficient (Wildman–Crippen LogP) is 3.13. The summed E-state index contributed by atoms with van der Waals surface area (Å²) in [6.07, 6.45) is 0. The van der Waals surface area contributed by atoms with Gasteiger partial charge in [-0.05, 0) is 31.9 Å². The van der Waals surface area contributed by atoms with Crippen LogP contribution in [0.25, 0.3) is 0 Å². The van der Waals surface area contributed by atoms with Crippen LogP contribution in [0.2, 0.25) is 0 Å². The van der Waals surface area contributed by atoms with Crippen molar-refractivity contribution >= 4 is 12.0 Å². The summed E-state index contributed by atoms with van der Waals surface area (Å²) in [6, 6.07) is 4.21. The number of hydrogen-bond donors (Lipinski definition) is 0. The molecule has 78 valence electrons. The van der Waals surface area contributed by atoms with Gasteiger partial charge in [-0.2, -0.15) is 0 Å². The van der Waals surface area contributed by atoms with Gasteiger partial charge in [0.05, 0.1) is 19.2 Å².